The molecule has 1 heterocycles. The minimum atomic E-state index is -0.911. The molecule has 5 rings (SSSR count). The van der Waals surface area contributed by atoms with Gasteiger partial charge < -0.3 is 9.84 Å². The van der Waals surface area contributed by atoms with Crippen molar-refractivity contribution in [3.63, 3.8) is 0 Å². The number of hydrogen-bond acceptors (Lipinski definition) is 5. The summed E-state index contributed by atoms with van der Waals surface area (Å²) in [6.07, 6.45) is 1.41. The van der Waals surface area contributed by atoms with Crippen LogP contribution >= 0.6 is 12.2 Å². The second-order valence-electron chi connectivity index (χ2n) is 8.72. The van der Waals surface area contributed by atoms with Gasteiger partial charge in [-0.2, -0.15) is 0 Å². The average molecular weight is 535 g/mol. The Bertz CT molecular complexity index is 1600. The van der Waals surface area contributed by atoms with E-state index >= 15 is 0 Å². The molecule has 4 aromatic rings. The zero-order chi connectivity index (χ0) is 27.4. The van der Waals surface area contributed by atoms with Crippen LogP contribution in [0.4, 0.5) is 5.69 Å². The van der Waals surface area contributed by atoms with Crippen molar-refractivity contribution in [2.75, 3.05) is 4.90 Å². The minimum absolute atomic E-state index is 0.00994. The summed E-state index contributed by atoms with van der Waals surface area (Å²) < 4.78 is 5.81. The molecule has 4 aromatic carbocycles. The molecular weight excluding hydrogens is 512 g/mol. The van der Waals surface area contributed by atoms with Crippen LogP contribution in [0.2, 0.25) is 0 Å². The van der Waals surface area contributed by atoms with Gasteiger partial charge in [0.15, 0.2) is 5.11 Å². The Morgan fingerprint density at radius 3 is 2.18 bits per heavy atom. The summed E-state index contributed by atoms with van der Waals surface area (Å²) in [5, 5.41) is 11.8. The molecule has 0 radical (unpaired) electrons. The first-order valence-electron chi connectivity index (χ1n) is 12.0. The van der Waals surface area contributed by atoms with Crippen molar-refractivity contribution in [3.05, 3.63) is 120 Å². The lowest BCUT2D eigenvalue weighted by molar-refractivity contribution is -0.136. The van der Waals surface area contributed by atoms with Crippen LogP contribution in [0.3, 0.4) is 0 Å². The van der Waals surface area contributed by atoms with Crippen molar-refractivity contribution in [2.24, 2.45) is 0 Å². The number of thiocarbonyl (C=S) groups is 1. The van der Waals surface area contributed by atoms with Crippen molar-refractivity contribution in [3.8, 4) is 22.6 Å². The van der Waals surface area contributed by atoms with Crippen LogP contribution in [-0.2, 0) is 20.8 Å². The van der Waals surface area contributed by atoms with Crippen LogP contribution in [0.5, 0.6) is 11.5 Å². The van der Waals surface area contributed by atoms with Crippen LogP contribution in [0.25, 0.3) is 17.2 Å². The molecule has 0 saturated carbocycles. The highest BCUT2D eigenvalue weighted by Crippen LogP contribution is 2.28. The SMILES string of the molecule is O=C(O)Cc1ccccc1-c1ccc(C=C2C(=O)NC(=S)N(c3ccc(Oc4ccccc4)cc3)C2=O)cc1. The Labute approximate surface area is 230 Å². The summed E-state index contributed by atoms with van der Waals surface area (Å²) in [6, 6.07) is 30.6. The van der Waals surface area contributed by atoms with E-state index < -0.39 is 17.8 Å². The van der Waals surface area contributed by atoms with Gasteiger partial charge in [-0.15, -0.1) is 0 Å². The molecule has 2 N–H and O–H groups in total. The van der Waals surface area contributed by atoms with Gasteiger partial charge in [-0.3, -0.25) is 24.6 Å². The number of hydrogen-bond donors (Lipinski definition) is 2. The molecule has 8 heteroatoms. The number of aliphatic carboxylic acids is 1. The number of carbonyl (C=O) groups excluding carboxylic acids is 2. The highest BCUT2D eigenvalue weighted by Gasteiger charge is 2.34. The van der Waals surface area contributed by atoms with E-state index in [4.69, 9.17) is 17.0 Å². The molecule has 0 aromatic heterocycles. The standard InChI is InChI=1S/C31H22N2O5S/c34-28(35)19-22-6-4-5-9-26(22)21-12-10-20(11-13-21)18-27-29(36)32-31(39)33(30(27)37)23-14-16-25(17-15-23)38-24-7-2-1-3-8-24/h1-18H,19H2,(H,34,35)(H,32,36,39). The van der Waals surface area contributed by atoms with Crippen LogP contribution in [0.1, 0.15) is 11.1 Å². The van der Waals surface area contributed by atoms with E-state index in [2.05, 4.69) is 5.32 Å². The second-order valence-corrected chi connectivity index (χ2v) is 9.10. The van der Waals surface area contributed by atoms with Gasteiger partial charge in [0.2, 0.25) is 0 Å². The Morgan fingerprint density at radius 2 is 1.49 bits per heavy atom. The maximum absolute atomic E-state index is 13.4. The lowest BCUT2D eigenvalue weighted by Gasteiger charge is -2.29. The van der Waals surface area contributed by atoms with E-state index in [9.17, 15) is 19.5 Å². The largest absolute Gasteiger partial charge is 0.481 e. The van der Waals surface area contributed by atoms with E-state index in [0.29, 0.717) is 28.3 Å². The molecule has 0 unspecified atom stereocenters. The highest BCUT2D eigenvalue weighted by atomic mass is 32.1. The molecule has 1 saturated heterocycles. The van der Waals surface area contributed by atoms with Crippen molar-refractivity contribution in [2.45, 2.75) is 6.42 Å². The second kappa shape index (κ2) is 11.1. The molecule has 1 aliphatic heterocycles. The monoisotopic (exact) mass is 534 g/mol. The molecule has 0 aliphatic carbocycles. The molecule has 0 spiro atoms. The van der Waals surface area contributed by atoms with Crippen LogP contribution in [0.15, 0.2) is 109 Å². The molecule has 1 aliphatic rings. The number of para-hydroxylation sites is 1. The lowest BCUT2D eigenvalue weighted by Crippen LogP contribution is -2.54. The number of carboxylic acid groups (broad SMARTS) is 1. The number of rotatable bonds is 7. The average Bonchev–Trinajstić information content (AvgIpc) is 2.93. The van der Waals surface area contributed by atoms with Gasteiger partial charge in [0.1, 0.15) is 17.1 Å². The van der Waals surface area contributed by atoms with Gasteiger partial charge in [0.25, 0.3) is 11.8 Å². The predicted octanol–water partition coefficient (Wildman–Crippen LogP) is 5.60. The maximum atomic E-state index is 13.4. The zero-order valence-electron chi connectivity index (χ0n) is 20.5. The van der Waals surface area contributed by atoms with E-state index in [-0.39, 0.29) is 17.1 Å². The Hall–Kier alpha value is -5.08. The minimum Gasteiger partial charge on any atom is -0.481 e. The van der Waals surface area contributed by atoms with Crippen LogP contribution < -0.4 is 15.0 Å². The van der Waals surface area contributed by atoms with Gasteiger partial charge in [0.05, 0.1) is 12.1 Å². The molecule has 192 valence electrons. The Kier molecular flexibility index (Phi) is 7.29. The fourth-order valence-electron chi connectivity index (χ4n) is 4.22. The van der Waals surface area contributed by atoms with Gasteiger partial charge in [-0.25, -0.2) is 0 Å². The zero-order valence-corrected chi connectivity index (χ0v) is 21.4. The summed E-state index contributed by atoms with van der Waals surface area (Å²) in [5.74, 6) is -0.766. The van der Waals surface area contributed by atoms with E-state index in [1.165, 1.54) is 11.0 Å². The third kappa shape index (κ3) is 5.76. The molecule has 2 amide bonds. The smallest absolute Gasteiger partial charge is 0.307 e. The number of carbonyl (C=O) groups is 3. The normalized spacial score (nSPS) is 14.3. The van der Waals surface area contributed by atoms with Gasteiger partial charge in [0, 0.05) is 0 Å². The number of amides is 2. The Balaban J connectivity index is 1.37. The van der Waals surface area contributed by atoms with E-state index in [1.54, 1.807) is 48.5 Å². The molecule has 0 bridgehead atoms. The third-order valence-electron chi connectivity index (χ3n) is 6.07. The summed E-state index contributed by atoms with van der Waals surface area (Å²) in [4.78, 5) is 38.6. The third-order valence-corrected chi connectivity index (χ3v) is 6.35. The number of ether oxygens (including phenoxy) is 1. The molecule has 0 atom stereocenters. The summed E-state index contributed by atoms with van der Waals surface area (Å²) in [6.45, 7) is 0. The van der Waals surface area contributed by atoms with Crippen molar-refractivity contribution < 1.29 is 24.2 Å². The van der Waals surface area contributed by atoms with Gasteiger partial charge in [-0.1, -0.05) is 66.7 Å². The van der Waals surface area contributed by atoms with Crippen molar-refractivity contribution in [1.29, 1.82) is 0 Å². The first-order valence-corrected chi connectivity index (χ1v) is 12.4. The number of benzene rings is 4. The van der Waals surface area contributed by atoms with Crippen LogP contribution in [-0.4, -0.2) is 28.0 Å². The quantitative estimate of drug-likeness (QED) is 0.182. The van der Waals surface area contributed by atoms with Gasteiger partial charge in [-0.05, 0) is 76.9 Å². The topological polar surface area (TPSA) is 95.9 Å². The molecule has 7 nitrogen and oxygen atoms in total. The Morgan fingerprint density at radius 1 is 0.846 bits per heavy atom. The molecule has 39 heavy (non-hydrogen) atoms. The predicted molar refractivity (Wildman–Crippen MR) is 152 cm³/mol. The lowest BCUT2D eigenvalue weighted by atomic mass is 9.96. The van der Waals surface area contributed by atoms with Crippen molar-refractivity contribution in [1.82, 2.24) is 5.32 Å². The van der Waals surface area contributed by atoms with E-state index in [0.717, 1.165) is 11.1 Å². The first-order chi connectivity index (χ1) is 18.9. The van der Waals surface area contributed by atoms with Crippen LogP contribution in [0, 0.1) is 0 Å². The number of anilines is 1. The van der Waals surface area contributed by atoms with E-state index in [1.807, 2.05) is 54.6 Å². The fourth-order valence-corrected chi connectivity index (χ4v) is 4.51. The summed E-state index contributed by atoms with van der Waals surface area (Å²) in [5.41, 5.74) is 3.39. The first kappa shape index (κ1) is 25.6. The highest BCUT2D eigenvalue weighted by molar-refractivity contribution is 7.80. The maximum Gasteiger partial charge on any atom is 0.307 e. The number of carboxylic acids is 1. The summed E-state index contributed by atoms with van der Waals surface area (Å²) >= 11 is 5.30. The number of nitrogens with one attached hydrogen (secondary N) is 1. The molecule has 1 fully saturated rings. The molecular formula is C31H22N2O5S. The van der Waals surface area contributed by atoms with Gasteiger partial charge >= 0.3 is 5.97 Å². The number of nitrogens with zero attached hydrogens (tertiary/aromatic N) is 1. The van der Waals surface area contributed by atoms with Crippen molar-refractivity contribution >= 4 is 46.9 Å². The fraction of sp³-hybridized carbons (Fsp3) is 0.0323. The summed E-state index contributed by atoms with van der Waals surface area (Å²) in [7, 11) is 0.